The lowest BCUT2D eigenvalue weighted by Crippen LogP contribution is -2.39. The van der Waals surface area contributed by atoms with Gasteiger partial charge < -0.3 is 5.32 Å². The fourth-order valence-corrected chi connectivity index (χ4v) is 1.78. The van der Waals surface area contributed by atoms with Gasteiger partial charge in [0.25, 0.3) is 0 Å². The fraction of sp³-hybridized carbons (Fsp3) is 0.500. The van der Waals surface area contributed by atoms with Crippen molar-refractivity contribution in [2.75, 3.05) is 6.54 Å². The van der Waals surface area contributed by atoms with Gasteiger partial charge in [-0.1, -0.05) is 19.9 Å². The summed E-state index contributed by atoms with van der Waals surface area (Å²) in [4.78, 5) is 4.43. The molecule has 1 aromatic heterocycles. The molecule has 2 heterocycles. The molecule has 0 aromatic carbocycles. The average molecular weight is 162 g/mol. The first kappa shape index (κ1) is 7.74. The predicted molar refractivity (Wildman–Crippen MR) is 49.0 cm³/mol. The van der Waals surface area contributed by atoms with E-state index in [1.165, 1.54) is 11.3 Å². The fourth-order valence-electron chi connectivity index (χ4n) is 1.78. The number of rotatable bonds is 0. The molecule has 12 heavy (non-hydrogen) atoms. The Morgan fingerprint density at radius 1 is 1.50 bits per heavy atom. The van der Waals surface area contributed by atoms with Crippen molar-refractivity contribution in [3.63, 3.8) is 0 Å². The Kier molecular flexibility index (Phi) is 1.65. The molecule has 0 spiro atoms. The normalized spacial score (nSPS) is 20.2. The van der Waals surface area contributed by atoms with Crippen LogP contribution in [-0.2, 0) is 12.0 Å². The lowest BCUT2D eigenvalue weighted by molar-refractivity contribution is 0.422. The summed E-state index contributed by atoms with van der Waals surface area (Å²) in [5.74, 6) is 0. The van der Waals surface area contributed by atoms with Crippen molar-refractivity contribution in [2.45, 2.75) is 25.8 Å². The van der Waals surface area contributed by atoms with Gasteiger partial charge in [-0.15, -0.1) is 0 Å². The van der Waals surface area contributed by atoms with Crippen LogP contribution >= 0.6 is 0 Å². The SMILES string of the molecule is CC1(C)CNCc2cccnc21. The zero-order valence-electron chi connectivity index (χ0n) is 7.59. The molecule has 1 aliphatic rings. The minimum Gasteiger partial charge on any atom is -0.312 e. The van der Waals surface area contributed by atoms with E-state index in [2.05, 4.69) is 30.2 Å². The Bertz CT molecular complexity index is 292. The van der Waals surface area contributed by atoms with Crippen LogP contribution in [0.25, 0.3) is 0 Å². The van der Waals surface area contributed by atoms with E-state index in [1.54, 1.807) is 0 Å². The number of nitrogens with zero attached hydrogens (tertiary/aromatic N) is 1. The molecule has 1 aromatic rings. The lowest BCUT2D eigenvalue weighted by Gasteiger charge is -2.31. The molecule has 0 atom stereocenters. The summed E-state index contributed by atoms with van der Waals surface area (Å²) in [5.41, 5.74) is 2.78. The van der Waals surface area contributed by atoms with Crippen molar-refractivity contribution in [2.24, 2.45) is 0 Å². The van der Waals surface area contributed by atoms with Crippen LogP contribution in [0.2, 0.25) is 0 Å². The molecule has 0 fully saturated rings. The van der Waals surface area contributed by atoms with E-state index < -0.39 is 0 Å². The first-order chi connectivity index (χ1) is 5.70. The molecule has 2 heteroatoms. The molecule has 1 N–H and O–H groups in total. The van der Waals surface area contributed by atoms with Crippen LogP contribution < -0.4 is 5.32 Å². The Labute approximate surface area is 73.0 Å². The van der Waals surface area contributed by atoms with Crippen LogP contribution in [0.5, 0.6) is 0 Å². The van der Waals surface area contributed by atoms with Gasteiger partial charge in [0, 0.05) is 24.7 Å². The highest BCUT2D eigenvalue weighted by molar-refractivity contribution is 5.29. The zero-order valence-corrected chi connectivity index (χ0v) is 7.59. The minimum atomic E-state index is 0.189. The highest BCUT2D eigenvalue weighted by Crippen LogP contribution is 2.26. The number of pyridine rings is 1. The van der Waals surface area contributed by atoms with Crippen molar-refractivity contribution >= 4 is 0 Å². The highest BCUT2D eigenvalue weighted by Gasteiger charge is 2.27. The first-order valence-corrected chi connectivity index (χ1v) is 4.35. The van der Waals surface area contributed by atoms with Crippen LogP contribution in [0.3, 0.4) is 0 Å². The summed E-state index contributed by atoms with van der Waals surface area (Å²) < 4.78 is 0. The molecule has 1 aliphatic heterocycles. The van der Waals surface area contributed by atoms with Gasteiger partial charge in [-0.05, 0) is 11.6 Å². The van der Waals surface area contributed by atoms with Crippen LogP contribution in [0.4, 0.5) is 0 Å². The molecule has 2 nitrogen and oxygen atoms in total. The van der Waals surface area contributed by atoms with Crippen LogP contribution in [0.1, 0.15) is 25.1 Å². The molecule has 64 valence electrons. The number of fused-ring (bicyclic) bond motifs is 1. The van der Waals surface area contributed by atoms with Crippen molar-refractivity contribution in [3.05, 3.63) is 29.6 Å². The second-order valence-electron chi connectivity index (χ2n) is 4.00. The standard InChI is InChI=1S/C10H14N2/c1-10(2)7-11-6-8-4-3-5-12-9(8)10/h3-5,11H,6-7H2,1-2H3. The number of hydrogen-bond acceptors (Lipinski definition) is 2. The van der Waals surface area contributed by atoms with Crippen molar-refractivity contribution < 1.29 is 0 Å². The molecular formula is C10H14N2. The van der Waals surface area contributed by atoms with Crippen molar-refractivity contribution in [1.29, 1.82) is 0 Å². The third-order valence-corrected chi connectivity index (χ3v) is 2.41. The second-order valence-corrected chi connectivity index (χ2v) is 4.00. The summed E-state index contributed by atoms with van der Waals surface area (Å²) >= 11 is 0. The predicted octanol–water partition coefficient (Wildman–Crippen LogP) is 1.46. The minimum absolute atomic E-state index is 0.189. The highest BCUT2D eigenvalue weighted by atomic mass is 14.9. The smallest absolute Gasteiger partial charge is 0.0517 e. The summed E-state index contributed by atoms with van der Waals surface area (Å²) in [6.07, 6.45) is 1.88. The number of nitrogens with one attached hydrogen (secondary N) is 1. The summed E-state index contributed by atoms with van der Waals surface area (Å²) in [7, 11) is 0. The monoisotopic (exact) mass is 162 g/mol. The van der Waals surface area contributed by atoms with Crippen LogP contribution in [0, 0.1) is 0 Å². The van der Waals surface area contributed by atoms with Gasteiger partial charge in [-0.3, -0.25) is 4.98 Å². The Morgan fingerprint density at radius 2 is 2.33 bits per heavy atom. The van der Waals surface area contributed by atoms with Gasteiger partial charge in [-0.25, -0.2) is 0 Å². The summed E-state index contributed by atoms with van der Waals surface area (Å²) in [5, 5.41) is 3.39. The number of aromatic nitrogens is 1. The third kappa shape index (κ3) is 1.12. The van der Waals surface area contributed by atoms with Crippen molar-refractivity contribution in [3.8, 4) is 0 Å². The molecule has 0 radical (unpaired) electrons. The molecule has 2 rings (SSSR count). The quantitative estimate of drug-likeness (QED) is 0.624. The molecule has 0 amide bonds. The van der Waals surface area contributed by atoms with Gasteiger partial charge in [0.05, 0.1) is 5.69 Å². The van der Waals surface area contributed by atoms with Gasteiger partial charge >= 0.3 is 0 Å². The van der Waals surface area contributed by atoms with E-state index in [4.69, 9.17) is 0 Å². The maximum Gasteiger partial charge on any atom is 0.0517 e. The molecule has 0 bridgehead atoms. The van der Waals surface area contributed by atoms with E-state index in [1.807, 2.05) is 12.3 Å². The maximum absolute atomic E-state index is 4.43. The van der Waals surface area contributed by atoms with Crippen LogP contribution in [0.15, 0.2) is 18.3 Å². The van der Waals surface area contributed by atoms with Gasteiger partial charge in [0.2, 0.25) is 0 Å². The van der Waals surface area contributed by atoms with Crippen molar-refractivity contribution in [1.82, 2.24) is 10.3 Å². The number of hydrogen-bond donors (Lipinski definition) is 1. The van der Waals surface area contributed by atoms with Gasteiger partial charge in [0.15, 0.2) is 0 Å². The Morgan fingerprint density at radius 3 is 3.08 bits per heavy atom. The topological polar surface area (TPSA) is 24.9 Å². The molecule has 0 saturated heterocycles. The average Bonchev–Trinajstić information content (AvgIpc) is 2.04. The van der Waals surface area contributed by atoms with E-state index in [0.717, 1.165) is 13.1 Å². The maximum atomic E-state index is 4.43. The Hall–Kier alpha value is -0.890. The summed E-state index contributed by atoms with van der Waals surface area (Å²) in [6.45, 7) is 6.44. The summed E-state index contributed by atoms with van der Waals surface area (Å²) in [6, 6.07) is 4.15. The van der Waals surface area contributed by atoms with E-state index in [-0.39, 0.29) is 5.41 Å². The Balaban J connectivity index is 2.52. The van der Waals surface area contributed by atoms with E-state index in [9.17, 15) is 0 Å². The van der Waals surface area contributed by atoms with Gasteiger partial charge in [0.1, 0.15) is 0 Å². The molecule has 0 aliphatic carbocycles. The molecular weight excluding hydrogens is 148 g/mol. The molecule has 0 saturated carbocycles. The molecule has 0 unspecified atom stereocenters. The van der Waals surface area contributed by atoms with E-state index >= 15 is 0 Å². The van der Waals surface area contributed by atoms with E-state index in [0.29, 0.717) is 0 Å². The van der Waals surface area contributed by atoms with Gasteiger partial charge in [-0.2, -0.15) is 0 Å². The third-order valence-electron chi connectivity index (χ3n) is 2.41. The lowest BCUT2D eigenvalue weighted by atomic mass is 9.83. The first-order valence-electron chi connectivity index (χ1n) is 4.35. The van der Waals surface area contributed by atoms with Crippen LogP contribution in [-0.4, -0.2) is 11.5 Å². The largest absolute Gasteiger partial charge is 0.312 e. The zero-order chi connectivity index (χ0) is 8.60. The second kappa shape index (κ2) is 2.56.